The Labute approximate surface area is 166 Å². The highest BCUT2D eigenvalue weighted by Gasteiger charge is 2.36. The highest BCUT2D eigenvalue weighted by molar-refractivity contribution is 6.21. The number of para-hydroxylation sites is 2. The smallest absolute Gasteiger partial charge is 0.309 e. The number of amides is 3. The van der Waals surface area contributed by atoms with Crippen molar-refractivity contribution < 1.29 is 28.7 Å². The van der Waals surface area contributed by atoms with E-state index >= 15 is 0 Å². The van der Waals surface area contributed by atoms with E-state index in [0.717, 1.165) is 4.90 Å². The van der Waals surface area contributed by atoms with Crippen molar-refractivity contribution in [1.29, 1.82) is 0 Å². The Kier molecular flexibility index (Phi) is 4.75. The van der Waals surface area contributed by atoms with Gasteiger partial charge in [-0.25, -0.2) is 4.90 Å². The second-order valence-electron chi connectivity index (χ2n) is 6.70. The molecule has 148 valence electrons. The first-order chi connectivity index (χ1) is 14.0. The number of ether oxygens (including phenoxy) is 2. The van der Waals surface area contributed by atoms with Crippen LogP contribution >= 0.6 is 0 Å². The minimum Gasteiger partial charge on any atom is -0.479 e. The van der Waals surface area contributed by atoms with Crippen molar-refractivity contribution >= 4 is 29.4 Å². The third kappa shape index (κ3) is 3.33. The number of rotatable bonds is 5. The Balaban J connectivity index is 1.36. The quantitative estimate of drug-likeness (QED) is 0.569. The molecule has 3 amide bonds. The molecule has 0 spiro atoms. The summed E-state index contributed by atoms with van der Waals surface area (Å²) in [6.45, 7) is 1.28. The predicted octanol–water partition coefficient (Wildman–Crippen LogP) is 1.99. The van der Waals surface area contributed by atoms with E-state index in [-0.39, 0.29) is 30.0 Å². The predicted molar refractivity (Wildman–Crippen MR) is 101 cm³/mol. The van der Waals surface area contributed by atoms with E-state index < -0.39 is 30.6 Å². The molecule has 8 heteroatoms. The summed E-state index contributed by atoms with van der Waals surface area (Å²) in [4.78, 5) is 51.6. The van der Waals surface area contributed by atoms with Gasteiger partial charge in [0, 0.05) is 6.54 Å². The summed E-state index contributed by atoms with van der Waals surface area (Å²) >= 11 is 0. The van der Waals surface area contributed by atoms with Crippen molar-refractivity contribution in [1.82, 2.24) is 4.90 Å². The second-order valence-corrected chi connectivity index (χ2v) is 6.70. The van der Waals surface area contributed by atoms with Crippen LogP contribution in [0.4, 0.5) is 5.69 Å². The Morgan fingerprint density at radius 3 is 2.28 bits per heavy atom. The molecule has 2 aliphatic heterocycles. The van der Waals surface area contributed by atoms with E-state index in [1.165, 1.54) is 4.90 Å². The van der Waals surface area contributed by atoms with Crippen LogP contribution in [0.2, 0.25) is 0 Å². The molecule has 0 radical (unpaired) electrons. The standard InChI is InChI=1S/C21H18N2O6/c1-13-19(25)22(16-8-4-5-9-17(16)29-13)11-10-18(24)28-12-23-20(26)14-6-2-3-7-15(14)21(23)27/h2-9,13H,10-12H2,1H3. The van der Waals surface area contributed by atoms with Crippen molar-refractivity contribution in [2.45, 2.75) is 19.4 Å². The summed E-state index contributed by atoms with van der Waals surface area (Å²) in [5.41, 5.74) is 1.17. The first-order valence-electron chi connectivity index (χ1n) is 9.15. The molecular weight excluding hydrogens is 376 g/mol. The van der Waals surface area contributed by atoms with E-state index in [1.54, 1.807) is 55.5 Å². The zero-order valence-electron chi connectivity index (χ0n) is 15.7. The maximum Gasteiger partial charge on any atom is 0.309 e. The van der Waals surface area contributed by atoms with E-state index in [4.69, 9.17) is 9.47 Å². The summed E-state index contributed by atoms with van der Waals surface area (Å²) < 4.78 is 10.7. The van der Waals surface area contributed by atoms with Crippen molar-refractivity contribution in [3.63, 3.8) is 0 Å². The largest absolute Gasteiger partial charge is 0.479 e. The van der Waals surface area contributed by atoms with Crippen molar-refractivity contribution in [2.75, 3.05) is 18.2 Å². The van der Waals surface area contributed by atoms with Gasteiger partial charge in [-0.2, -0.15) is 0 Å². The monoisotopic (exact) mass is 394 g/mol. The molecule has 1 atom stereocenters. The normalized spacial score (nSPS) is 17.7. The molecule has 0 bridgehead atoms. The number of fused-ring (bicyclic) bond motifs is 2. The van der Waals surface area contributed by atoms with Gasteiger partial charge in [-0.05, 0) is 31.2 Å². The third-order valence-electron chi connectivity index (χ3n) is 4.85. The number of carbonyl (C=O) groups excluding carboxylic acids is 4. The van der Waals surface area contributed by atoms with Crippen molar-refractivity contribution in [3.05, 3.63) is 59.7 Å². The van der Waals surface area contributed by atoms with Gasteiger partial charge in [0.05, 0.1) is 23.2 Å². The summed E-state index contributed by atoms with van der Waals surface area (Å²) in [7, 11) is 0. The topological polar surface area (TPSA) is 93.2 Å². The van der Waals surface area contributed by atoms with Crippen LogP contribution in [0.1, 0.15) is 34.1 Å². The number of hydrogen-bond donors (Lipinski definition) is 0. The molecule has 2 heterocycles. The second kappa shape index (κ2) is 7.38. The van der Waals surface area contributed by atoms with Crippen LogP contribution in [0.5, 0.6) is 5.75 Å². The van der Waals surface area contributed by atoms with Gasteiger partial charge < -0.3 is 14.4 Å². The minimum absolute atomic E-state index is 0.0873. The van der Waals surface area contributed by atoms with E-state index in [1.807, 2.05) is 0 Å². The van der Waals surface area contributed by atoms with Crippen molar-refractivity contribution in [3.8, 4) is 5.75 Å². The highest BCUT2D eigenvalue weighted by Crippen LogP contribution is 2.33. The first kappa shape index (κ1) is 18.7. The average Bonchev–Trinajstić information content (AvgIpc) is 2.97. The Morgan fingerprint density at radius 1 is 0.966 bits per heavy atom. The molecule has 0 N–H and O–H groups in total. The fraction of sp³-hybridized carbons (Fsp3) is 0.238. The number of esters is 1. The third-order valence-corrected chi connectivity index (χ3v) is 4.85. The highest BCUT2D eigenvalue weighted by atomic mass is 16.5. The molecule has 1 unspecified atom stereocenters. The van der Waals surface area contributed by atoms with Gasteiger partial charge in [0.2, 0.25) is 0 Å². The number of nitrogens with zero attached hydrogens (tertiary/aromatic N) is 2. The summed E-state index contributed by atoms with van der Waals surface area (Å²) in [5.74, 6) is -1.30. The van der Waals surface area contributed by atoms with E-state index in [0.29, 0.717) is 11.4 Å². The molecule has 2 aromatic rings. The summed E-state index contributed by atoms with van der Waals surface area (Å²) in [5, 5.41) is 0. The van der Waals surface area contributed by atoms with E-state index in [9.17, 15) is 19.2 Å². The Morgan fingerprint density at radius 2 is 1.59 bits per heavy atom. The number of carbonyl (C=O) groups is 4. The van der Waals surface area contributed by atoms with Gasteiger partial charge in [-0.1, -0.05) is 24.3 Å². The van der Waals surface area contributed by atoms with Gasteiger partial charge >= 0.3 is 5.97 Å². The van der Waals surface area contributed by atoms with E-state index in [2.05, 4.69) is 0 Å². The zero-order chi connectivity index (χ0) is 20.5. The fourth-order valence-corrected chi connectivity index (χ4v) is 3.36. The number of anilines is 1. The molecule has 29 heavy (non-hydrogen) atoms. The van der Waals surface area contributed by atoms with Crippen LogP contribution in [0.3, 0.4) is 0 Å². The van der Waals surface area contributed by atoms with Crippen LogP contribution < -0.4 is 9.64 Å². The molecule has 4 rings (SSSR count). The lowest BCUT2D eigenvalue weighted by molar-refractivity contribution is -0.146. The van der Waals surface area contributed by atoms with Crippen LogP contribution in [0.15, 0.2) is 48.5 Å². The molecule has 0 fully saturated rings. The lowest BCUT2D eigenvalue weighted by atomic mass is 10.1. The number of benzene rings is 2. The molecule has 8 nitrogen and oxygen atoms in total. The minimum atomic E-state index is -0.653. The first-order valence-corrected chi connectivity index (χ1v) is 9.15. The van der Waals surface area contributed by atoms with Gasteiger partial charge in [0.1, 0.15) is 5.75 Å². The zero-order valence-corrected chi connectivity index (χ0v) is 15.7. The van der Waals surface area contributed by atoms with Crippen molar-refractivity contribution in [2.24, 2.45) is 0 Å². The van der Waals surface area contributed by atoms with Gasteiger partial charge in [0.15, 0.2) is 12.8 Å². The molecule has 0 aliphatic carbocycles. The van der Waals surface area contributed by atoms with Gasteiger partial charge in [-0.15, -0.1) is 0 Å². The summed E-state index contributed by atoms with van der Waals surface area (Å²) in [6.07, 6.45) is -0.741. The maximum atomic E-state index is 12.4. The molecule has 0 saturated heterocycles. The number of hydrogen-bond acceptors (Lipinski definition) is 6. The SMILES string of the molecule is CC1Oc2ccccc2N(CCC(=O)OCN2C(=O)c3ccccc3C2=O)C1=O. The van der Waals surface area contributed by atoms with Crippen LogP contribution in [0, 0.1) is 0 Å². The maximum absolute atomic E-state index is 12.4. The lowest BCUT2D eigenvalue weighted by Gasteiger charge is -2.32. The fourth-order valence-electron chi connectivity index (χ4n) is 3.36. The molecule has 0 saturated carbocycles. The molecular formula is C21H18N2O6. The summed E-state index contributed by atoms with van der Waals surface area (Å²) in [6, 6.07) is 13.5. The van der Waals surface area contributed by atoms with Crippen LogP contribution in [0.25, 0.3) is 0 Å². The number of imide groups is 1. The van der Waals surface area contributed by atoms with Crippen LogP contribution in [-0.4, -0.2) is 48.0 Å². The average molecular weight is 394 g/mol. The van der Waals surface area contributed by atoms with Gasteiger partial charge in [-0.3, -0.25) is 19.2 Å². The van der Waals surface area contributed by atoms with Gasteiger partial charge in [0.25, 0.3) is 17.7 Å². The Hall–Kier alpha value is -3.68. The Bertz CT molecular complexity index is 983. The molecule has 0 aromatic heterocycles. The molecule has 2 aliphatic rings. The molecule has 2 aromatic carbocycles. The van der Waals surface area contributed by atoms with Crippen LogP contribution in [-0.2, 0) is 14.3 Å². The lowest BCUT2D eigenvalue weighted by Crippen LogP contribution is -2.45.